The highest BCUT2D eigenvalue weighted by Gasteiger charge is 2.37. The number of nitrogens with one attached hydrogen (secondary N) is 2. The van der Waals surface area contributed by atoms with E-state index in [1.54, 1.807) is 0 Å². The number of halogens is 3. The third kappa shape index (κ3) is 6.65. The van der Waals surface area contributed by atoms with Gasteiger partial charge in [0.05, 0.1) is 22.6 Å². The van der Waals surface area contributed by atoms with Crippen molar-refractivity contribution in [2.45, 2.75) is 44.3 Å². The summed E-state index contributed by atoms with van der Waals surface area (Å²) in [7, 11) is 0. The Morgan fingerprint density at radius 1 is 1.03 bits per heavy atom. The number of fused-ring (bicyclic) bond motifs is 1. The first-order valence-electron chi connectivity index (χ1n) is 13.0. The fourth-order valence-electron chi connectivity index (χ4n) is 5.35. The Labute approximate surface area is 237 Å². The number of piperidine rings is 1. The number of aliphatic imine (C=N–C) groups is 1. The molecule has 3 saturated heterocycles. The van der Waals surface area contributed by atoms with Gasteiger partial charge in [0.15, 0.2) is 5.96 Å². The quantitative estimate of drug-likeness (QED) is 0.329. The molecule has 3 fully saturated rings. The Morgan fingerprint density at radius 2 is 1.86 bits per heavy atom. The molecule has 37 heavy (non-hydrogen) atoms. The molecule has 3 aliphatic heterocycles. The normalized spacial score (nSPS) is 22.0. The fraction of sp³-hybridized carbons (Fsp3) is 0.481. The van der Waals surface area contributed by atoms with Gasteiger partial charge in [-0.1, -0.05) is 51.3 Å². The first-order chi connectivity index (χ1) is 18.0. The Bertz CT molecular complexity index is 1130. The smallest absolute Gasteiger partial charge is 0.320 e. The SMILES string of the molecule is O=C1N(CCNC(=NCc2ccc(Br)cc2)NC2CCN(c3ccc(Cl)c(Cl)c3)C2)CC2CCCCN12. The van der Waals surface area contributed by atoms with Crippen LogP contribution in [0.25, 0.3) is 0 Å². The average Bonchev–Trinajstić information content (AvgIpc) is 3.49. The zero-order valence-corrected chi connectivity index (χ0v) is 23.9. The third-order valence-electron chi connectivity index (χ3n) is 7.38. The number of guanidine groups is 1. The third-order valence-corrected chi connectivity index (χ3v) is 8.65. The van der Waals surface area contributed by atoms with Gasteiger partial charge in [0.2, 0.25) is 0 Å². The van der Waals surface area contributed by atoms with E-state index >= 15 is 0 Å². The van der Waals surface area contributed by atoms with Crippen molar-refractivity contribution in [3.63, 3.8) is 0 Å². The molecule has 2 N–H and O–H groups in total. The predicted octanol–water partition coefficient (Wildman–Crippen LogP) is 5.36. The summed E-state index contributed by atoms with van der Waals surface area (Å²) in [6.45, 7) is 5.40. The number of anilines is 1. The maximum Gasteiger partial charge on any atom is 0.320 e. The second-order valence-corrected chi connectivity index (χ2v) is 11.7. The minimum Gasteiger partial charge on any atom is -0.369 e. The van der Waals surface area contributed by atoms with E-state index in [2.05, 4.69) is 48.5 Å². The minimum atomic E-state index is 0.181. The summed E-state index contributed by atoms with van der Waals surface area (Å²) in [6.07, 6.45) is 4.44. The van der Waals surface area contributed by atoms with E-state index in [4.69, 9.17) is 28.2 Å². The minimum absolute atomic E-state index is 0.181. The van der Waals surface area contributed by atoms with E-state index in [1.807, 2.05) is 35.2 Å². The molecule has 0 radical (unpaired) electrons. The first kappa shape index (κ1) is 26.4. The van der Waals surface area contributed by atoms with Gasteiger partial charge >= 0.3 is 6.03 Å². The summed E-state index contributed by atoms with van der Waals surface area (Å²) < 4.78 is 1.05. The van der Waals surface area contributed by atoms with Gasteiger partial charge in [0.25, 0.3) is 0 Å². The van der Waals surface area contributed by atoms with Crippen molar-refractivity contribution in [3.05, 3.63) is 62.5 Å². The van der Waals surface area contributed by atoms with E-state index in [9.17, 15) is 4.79 Å². The number of hydrogen-bond donors (Lipinski definition) is 2. The van der Waals surface area contributed by atoms with Gasteiger partial charge in [0, 0.05) is 55.5 Å². The maximum absolute atomic E-state index is 12.8. The van der Waals surface area contributed by atoms with E-state index in [0.717, 1.165) is 67.1 Å². The standard InChI is InChI=1S/C27H33BrCl2N6O/c28-20-6-4-19(5-7-20)16-32-26(31-11-14-35-18-23-3-1-2-12-36(23)27(35)37)33-21-10-13-34(17-21)22-8-9-24(29)25(30)15-22/h4-9,15,21,23H,1-3,10-14,16-18H2,(H2,31,32,33). The van der Waals surface area contributed by atoms with Gasteiger partial charge in [-0.2, -0.15) is 0 Å². The lowest BCUT2D eigenvalue weighted by Crippen LogP contribution is -2.47. The molecule has 7 nitrogen and oxygen atoms in total. The van der Waals surface area contributed by atoms with Gasteiger partial charge in [-0.05, 0) is 61.6 Å². The lowest BCUT2D eigenvalue weighted by Gasteiger charge is -2.27. The van der Waals surface area contributed by atoms with Crippen molar-refractivity contribution in [3.8, 4) is 0 Å². The maximum atomic E-state index is 12.8. The second kappa shape index (κ2) is 12.1. The van der Waals surface area contributed by atoms with Crippen LogP contribution in [0, 0.1) is 0 Å². The Morgan fingerprint density at radius 3 is 2.65 bits per heavy atom. The largest absolute Gasteiger partial charge is 0.369 e. The number of nitrogens with zero attached hydrogens (tertiary/aromatic N) is 4. The number of carbonyl (C=O) groups is 1. The van der Waals surface area contributed by atoms with Gasteiger partial charge in [-0.15, -0.1) is 0 Å². The number of benzene rings is 2. The predicted molar refractivity (Wildman–Crippen MR) is 155 cm³/mol. The van der Waals surface area contributed by atoms with Gasteiger partial charge in [0.1, 0.15) is 0 Å². The molecule has 2 unspecified atom stereocenters. The summed E-state index contributed by atoms with van der Waals surface area (Å²) in [5.74, 6) is 0.772. The monoisotopic (exact) mass is 606 g/mol. The highest BCUT2D eigenvalue weighted by Crippen LogP contribution is 2.29. The lowest BCUT2D eigenvalue weighted by molar-refractivity contribution is 0.175. The fourth-order valence-corrected chi connectivity index (χ4v) is 5.91. The number of rotatable bonds is 7. The second-order valence-electron chi connectivity index (χ2n) is 9.96. The van der Waals surface area contributed by atoms with Crippen molar-refractivity contribution >= 4 is 56.8 Å². The molecule has 0 saturated carbocycles. The van der Waals surface area contributed by atoms with Crippen LogP contribution in [-0.4, -0.2) is 73.1 Å². The molecular formula is C27H33BrCl2N6O. The molecule has 0 spiro atoms. The molecule has 198 valence electrons. The zero-order chi connectivity index (χ0) is 25.8. The van der Waals surface area contributed by atoms with Crippen molar-refractivity contribution in [2.24, 2.45) is 4.99 Å². The average molecular weight is 608 g/mol. The van der Waals surface area contributed by atoms with Crippen molar-refractivity contribution < 1.29 is 4.79 Å². The van der Waals surface area contributed by atoms with Crippen molar-refractivity contribution in [1.82, 2.24) is 20.4 Å². The molecule has 10 heteroatoms. The number of carbonyl (C=O) groups excluding carboxylic acids is 1. The van der Waals surface area contributed by atoms with Crippen molar-refractivity contribution in [2.75, 3.05) is 44.2 Å². The molecule has 2 amide bonds. The van der Waals surface area contributed by atoms with Crippen LogP contribution < -0.4 is 15.5 Å². The van der Waals surface area contributed by atoms with Crippen LogP contribution in [0.1, 0.15) is 31.2 Å². The summed E-state index contributed by atoms with van der Waals surface area (Å²) in [5, 5.41) is 8.25. The zero-order valence-electron chi connectivity index (χ0n) is 20.8. The lowest BCUT2D eigenvalue weighted by atomic mass is 10.0. The van der Waals surface area contributed by atoms with Gasteiger partial charge < -0.3 is 25.3 Å². The van der Waals surface area contributed by atoms with Crippen LogP contribution in [-0.2, 0) is 6.54 Å². The molecule has 2 atom stereocenters. The summed E-state index contributed by atoms with van der Waals surface area (Å²) in [4.78, 5) is 24.0. The van der Waals surface area contributed by atoms with Crippen LogP contribution >= 0.6 is 39.1 Å². The molecule has 3 heterocycles. The Hall–Kier alpha value is -2.16. The molecule has 2 aromatic rings. The van der Waals surface area contributed by atoms with Crippen LogP contribution in [0.2, 0.25) is 10.0 Å². The number of amides is 2. The highest BCUT2D eigenvalue weighted by molar-refractivity contribution is 9.10. The van der Waals surface area contributed by atoms with Crippen LogP contribution in [0.5, 0.6) is 0 Å². The molecule has 0 aliphatic carbocycles. The molecule has 0 aromatic heterocycles. The van der Waals surface area contributed by atoms with E-state index < -0.39 is 0 Å². The van der Waals surface area contributed by atoms with Crippen LogP contribution in [0.3, 0.4) is 0 Å². The van der Waals surface area contributed by atoms with Crippen LogP contribution in [0.15, 0.2) is 51.9 Å². The highest BCUT2D eigenvalue weighted by atomic mass is 79.9. The Kier molecular flexibility index (Phi) is 8.67. The molecule has 5 rings (SSSR count). The first-order valence-corrected chi connectivity index (χ1v) is 14.6. The molecule has 2 aromatic carbocycles. The summed E-state index contributed by atoms with van der Waals surface area (Å²) in [5.41, 5.74) is 2.21. The summed E-state index contributed by atoms with van der Waals surface area (Å²) in [6, 6.07) is 14.8. The van der Waals surface area contributed by atoms with Crippen molar-refractivity contribution in [1.29, 1.82) is 0 Å². The van der Waals surface area contributed by atoms with E-state index in [-0.39, 0.29) is 12.1 Å². The van der Waals surface area contributed by atoms with E-state index in [1.165, 1.54) is 6.42 Å². The van der Waals surface area contributed by atoms with Gasteiger partial charge in [-0.25, -0.2) is 9.79 Å². The number of urea groups is 1. The van der Waals surface area contributed by atoms with E-state index in [0.29, 0.717) is 35.7 Å². The van der Waals surface area contributed by atoms with Crippen LogP contribution in [0.4, 0.5) is 10.5 Å². The summed E-state index contributed by atoms with van der Waals surface area (Å²) >= 11 is 15.8. The molecular weight excluding hydrogens is 575 g/mol. The number of hydrogen-bond acceptors (Lipinski definition) is 3. The Balaban J connectivity index is 1.20. The molecule has 3 aliphatic rings. The molecule has 0 bridgehead atoms. The van der Waals surface area contributed by atoms with Gasteiger partial charge in [-0.3, -0.25) is 0 Å². The topological polar surface area (TPSA) is 63.2 Å².